The van der Waals surface area contributed by atoms with Gasteiger partial charge in [0.05, 0.1) is 5.60 Å². The van der Waals surface area contributed by atoms with Crippen molar-refractivity contribution < 1.29 is 5.11 Å². The molecule has 1 aliphatic heterocycles. The lowest BCUT2D eigenvalue weighted by Crippen LogP contribution is -2.34. The topological polar surface area (TPSA) is 32.3 Å². The van der Waals surface area contributed by atoms with E-state index in [1.807, 2.05) is 0 Å². The molecule has 2 heteroatoms. The summed E-state index contributed by atoms with van der Waals surface area (Å²) in [4.78, 5) is 0. The highest BCUT2D eigenvalue weighted by Crippen LogP contribution is 2.36. The molecular weight excluding hydrogens is 186 g/mol. The molecule has 2 aliphatic rings. The SMILES string of the molecule is CCC1CCC(CC2(O)CCNC2)CC1. The summed E-state index contributed by atoms with van der Waals surface area (Å²) >= 11 is 0. The molecule has 88 valence electrons. The van der Waals surface area contributed by atoms with Gasteiger partial charge in [-0.25, -0.2) is 0 Å². The van der Waals surface area contributed by atoms with Crippen molar-refractivity contribution in [2.45, 2.75) is 57.5 Å². The van der Waals surface area contributed by atoms with E-state index in [1.165, 1.54) is 32.1 Å². The Morgan fingerprint density at radius 3 is 2.40 bits per heavy atom. The second kappa shape index (κ2) is 4.84. The van der Waals surface area contributed by atoms with E-state index < -0.39 is 0 Å². The number of aliphatic hydroxyl groups is 1. The molecule has 0 radical (unpaired) electrons. The third-order valence-electron chi connectivity index (χ3n) is 4.43. The van der Waals surface area contributed by atoms with Crippen LogP contribution in [0.3, 0.4) is 0 Å². The van der Waals surface area contributed by atoms with E-state index in [9.17, 15) is 5.11 Å². The molecule has 2 rings (SSSR count). The Balaban J connectivity index is 1.76. The van der Waals surface area contributed by atoms with Crippen LogP contribution in [0.5, 0.6) is 0 Å². The number of hydrogen-bond donors (Lipinski definition) is 2. The van der Waals surface area contributed by atoms with Gasteiger partial charge < -0.3 is 10.4 Å². The van der Waals surface area contributed by atoms with Gasteiger partial charge in [0.25, 0.3) is 0 Å². The lowest BCUT2D eigenvalue weighted by Gasteiger charge is -2.32. The van der Waals surface area contributed by atoms with E-state index in [1.54, 1.807) is 0 Å². The molecule has 1 saturated carbocycles. The van der Waals surface area contributed by atoms with Crippen LogP contribution in [0.25, 0.3) is 0 Å². The first kappa shape index (κ1) is 11.4. The normalized spacial score (nSPS) is 42.0. The first-order valence-electron chi connectivity index (χ1n) is 6.65. The van der Waals surface area contributed by atoms with E-state index in [-0.39, 0.29) is 5.60 Å². The summed E-state index contributed by atoms with van der Waals surface area (Å²) in [6.07, 6.45) is 8.83. The van der Waals surface area contributed by atoms with Crippen LogP contribution in [0.15, 0.2) is 0 Å². The minimum absolute atomic E-state index is 0.371. The van der Waals surface area contributed by atoms with Crippen LogP contribution in [0, 0.1) is 11.8 Å². The Hall–Kier alpha value is -0.0800. The van der Waals surface area contributed by atoms with Gasteiger partial charge in [0.2, 0.25) is 0 Å². The third kappa shape index (κ3) is 2.94. The maximum absolute atomic E-state index is 10.3. The van der Waals surface area contributed by atoms with E-state index in [2.05, 4.69) is 12.2 Å². The Kier molecular flexibility index (Phi) is 3.68. The molecular formula is C13H25NO. The van der Waals surface area contributed by atoms with Crippen LogP contribution < -0.4 is 5.32 Å². The van der Waals surface area contributed by atoms with Gasteiger partial charge in [-0.05, 0) is 31.2 Å². The maximum Gasteiger partial charge on any atom is 0.0786 e. The highest BCUT2D eigenvalue weighted by Gasteiger charge is 2.34. The Labute approximate surface area is 93.5 Å². The summed E-state index contributed by atoms with van der Waals surface area (Å²) in [5.74, 6) is 1.76. The first-order chi connectivity index (χ1) is 7.22. The largest absolute Gasteiger partial charge is 0.389 e. The molecule has 0 aromatic heterocycles. The Bertz CT molecular complexity index is 191. The summed E-state index contributed by atoms with van der Waals surface area (Å²) in [5, 5.41) is 13.6. The molecule has 2 N–H and O–H groups in total. The van der Waals surface area contributed by atoms with Crippen molar-refractivity contribution >= 4 is 0 Å². The van der Waals surface area contributed by atoms with Gasteiger partial charge in [-0.3, -0.25) is 0 Å². The molecule has 1 atom stereocenters. The van der Waals surface area contributed by atoms with Gasteiger partial charge in [0, 0.05) is 6.54 Å². The van der Waals surface area contributed by atoms with E-state index >= 15 is 0 Å². The number of rotatable bonds is 3. The molecule has 0 spiro atoms. The summed E-state index contributed by atoms with van der Waals surface area (Å²) < 4.78 is 0. The standard InChI is InChI=1S/C13H25NO/c1-2-11-3-5-12(6-4-11)9-13(15)7-8-14-10-13/h11-12,14-15H,2-10H2,1H3. The van der Waals surface area contributed by atoms with Crippen LogP contribution in [-0.4, -0.2) is 23.8 Å². The highest BCUT2D eigenvalue weighted by atomic mass is 16.3. The van der Waals surface area contributed by atoms with Gasteiger partial charge in [-0.2, -0.15) is 0 Å². The van der Waals surface area contributed by atoms with Crippen molar-refractivity contribution in [2.24, 2.45) is 11.8 Å². The highest BCUT2D eigenvalue weighted by molar-refractivity contribution is 4.90. The molecule has 2 fully saturated rings. The number of hydrogen-bond acceptors (Lipinski definition) is 2. The molecule has 1 unspecified atom stereocenters. The van der Waals surface area contributed by atoms with Crippen molar-refractivity contribution in [1.29, 1.82) is 0 Å². The van der Waals surface area contributed by atoms with Crippen LogP contribution in [0.2, 0.25) is 0 Å². The van der Waals surface area contributed by atoms with Crippen molar-refractivity contribution in [3.63, 3.8) is 0 Å². The van der Waals surface area contributed by atoms with Crippen LogP contribution >= 0.6 is 0 Å². The summed E-state index contributed by atoms with van der Waals surface area (Å²) in [6.45, 7) is 4.13. The van der Waals surface area contributed by atoms with Crippen molar-refractivity contribution in [3.05, 3.63) is 0 Å². The molecule has 1 heterocycles. The maximum atomic E-state index is 10.3. The predicted octanol–water partition coefficient (Wildman–Crippen LogP) is 2.32. The van der Waals surface area contributed by atoms with Crippen LogP contribution in [0.4, 0.5) is 0 Å². The smallest absolute Gasteiger partial charge is 0.0786 e. The second-order valence-electron chi connectivity index (χ2n) is 5.65. The average molecular weight is 211 g/mol. The molecule has 0 amide bonds. The van der Waals surface area contributed by atoms with E-state index in [0.29, 0.717) is 0 Å². The molecule has 0 aromatic carbocycles. The zero-order valence-corrected chi connectivity index (χ0v) is 9.97. The molecule has 1 saturated heterocycles. The summed E-state index contributed by atoms with van der Waals surface area (Å²) in [5.41, 5.74) is -0.371. The lowest BCUT2D eigenvalue weighted by atomic mass is 9.76. The van der Waals surface area contributed by atoms with E-state index in [0.717, 1.165) is 37.8 Å². The summed E-state index contributed by atoms with van der Waals surface area (Å²) in [7, 11) is 0. The van der Waals surface area contributed by atoms with E-state index in [4.69, 9.17) is 0 Å². The fraction of sp³-hybridized carbons (Fsp3) is 1.00. The third-order valence-corrected chi connectivity index (χ3v) is 4.43. The second-order valence-corrected chi connectivity index (χ2v) is 5.65. The minimum atomic E-state index is -0.371. The monoisotopic (exact) mass is 211 g/mol. The van der Waals surface area contributed by atoms with Gasteiger partial charge in [0.15, 0.2) is 0 Å². The summed E-state index contributed by atoms with van der Waals surface area (Å²) in [6, 6.07) is 0. The Morgan fingerprint density at radius 1 is 1.20 bits per heavy atom. The quantitative estimate of drug-likeness (QED) is 0.751. The molecule has 15 heavy (non-hydrogen) atoms. The first-order valence-corrected chi connectivity index (χ1v) is 6.65. The van der Waals surface area contributed by atoms with Crippen molar-refractivity contribution in [2.75, 3.05) is 13.1 Å². The molecule has 2 nitrogen and oxygen atoms in total. The van der Waals surface area contributed by atoms with Crippen LogP contribution in [-0.2, 0) is 0 Å². The minimum Gasteiger partial charge on any atom is -0.389 e. The molecule has 0 aromatic rings. The van der Waals surface area contributed by atoms with Crippen molar-refractivity contribution in [3.8, 4) is 0 Å². The van der Waals surface area contributed by atoms with Crippen molar-refractivity contribution in [1.82, 2.24) is 5.32 Å². The molecule has 1 aliphatic carbocycles. The fourth-order valence-corrected chi connectivity index (χ4v) is 3.29. The van der Waals surface area contributed by atoms with Gasteiger partial charge in [-0.1, -0.05) is 39.0 Å². The van der Waals surface area contributed by atoms with Gasteiger partial charge >= 0.3 is 0 Å². The van der Waals surface area contributed by atoms with Gasteiger partial charge in [-0.15, -0.1) is 0 Å². The Morgan fingerprint density at radius 2 is 1.87 bits per heavy atom. The number of β-amino-alcohol motifs (C(OH)–C–C–N with tert-alkyl or cyclic N) is 1. The number of nitrogens with one attached hydrogen (secondary N) is 1. The molecule has 0 bridgehead atoms. The van der Waals surface area contributed by atoms with Gasteiger partial charge in [0.1, 0.15) is 0 Å². The zero-order chi connectivity index (χ0) is 10.7. The predicted molar refractivity (Wildman–Crippen MR) is 62.8 cm³/mol. The fourth-order valence-electron chi connectivity index (χ4n) is 3.29. The zero-order valence-electron chi connectivity index (χ0n) is 9.97. The average Bonchev–Trinajstić information content (AvgIpc) is 2.66. The van der Waals surface area contributed by atoms with Crippen LogP contribution in [0.1, 0.15) is 51.9 Å². The lowest BCUT2D eigenvalue weighted by molar-refractivity contribution is 0.0259.